The van der Waals surface area contributed by atoms with Gasteiger partial charge in [0.25, 0.3) is 5.95 Å². The molecule has 0 unspecified atom stereocenters. The van der Waals surface area contributed by atoms with Crippen molar-refractivity contribution in [3.05, 3.63) is 66.5 Å². The number of nitrogens with zero attached hydrogens (tertiary/aromatic N) is 4. The molecule has 0 aliphatic carbocycles. The summed E-state index contributed by atoms with van der Waals surface area (Å²) in [4.78, 5) is 5.35. The smallest absolute Gasteiger partial charge is 0.315 e. The van der Waals surface area contributed by atoms with E-state index in [9.17, 15) is 5.21 Å². The highest BCUT2D eigenvalue weighted by atomic mass is 16.5. The summed E-state index contributed by atoms with van der Waals surface area (Å²) < 4.78 is 0. The Bertz CT molecular complexity index is 1000. The molecule has 124 valence electrons. The number of fused-ring (bicyclic) bond motifs is 1. The Hall–Kier alpha value is -3.48. The number of aromatic amines is 1. The Morgan fingerprint density at radius 3 is 2.72 bits per heavy atom. The highest BCUT2D eigenvalue weighted by Gasteiger charge is 2.18. The predicted molar refractivity (Wildman–Crippen MR) is 93.0 cm³/mol. The fraction of sp³-hybridized carbons (Fsp3) is 0.111. The van der Waals surface area contributed by atoms with Crippen LogP contribution in [-0.4, -0.2) is 25.5 Å². The van der Waals surface area contributed by atoms with Gasteiger partial charge in [0.1, 0.15) is 10.4 Å². The quantitative estimate of drug-likeness (QED) is 0.395. The summed E-state index contributed by atoms with van der Waals surface area (Å²) in [6.07, 6.45) is 3.52. The Morgan fingerprint density at radius 1 is 1.12 bits per heavy atom. The van der Waals surface area contributed by atoms with Crippen LogP contribution in [0.25, 0.3) is 22.2 Å². The number of anilines is 1. The third-order valence-electron chi connectivity index (χ3n) is 4.08. The van der Waals surface area contributed by atoms with Crippen LogP contribution in [0, 0.1) is 0 Å². The van der Waals surface area contributed by atoms with E-state index in [2.05, 4.69) is 25.6 Å². The van der Waals surface area contributed by atoms with Gasteiger partial charge in [0.05, 0.1) is 17.3 Å². The molecule has 3 N–H and O–H groups in total. The molecule has 0 amide bonds. The fourth-order valence-corrected chi connectivity index (χ4v) is 2.73. The lowest BCUT2D eigenvalue weighted by molar-refractivity contribution is -0.928. The Kier molecular flexibility index (Phi) is 3.74. The van der Waals surface area contributed by atoms with E-state index in [0.717, 1.165) is 21.5 Å². The Balaban J connectivity index is 1.67. The van der Waals surface area contributed by atoms with E-state index in [1.54, 1.807) is 12.4 Å². The van der Waals surface area contributed by atoms with E-state index >= 15 is 0 Å². The van der Waals surface area contributed by atoms with Crippen molar-refractivity contribution >= 4 is 17.0 Å². The van der Waals surface area contributed by atoms with Crippen molar-refractivity contribution in [2.75, 3.05) is 5.32 Å². The van der Waals surface area contributed by atoms with E-state index in [-0.39, 0.29) is 6.04 Å². The zero-order valence-electron chi connectivity index (χ0n) is 13.6. The normalized spacial score (nSPS) is 12.2. The van der Waals surface area contributed by atoms with Gasteiger partial charge in [0.15, 0.2) is 0 Å². The number of hydrogen-bond acceptors (Lipinski definition) is 5. The van der Waals surface area contributed by atoms with Crippen LogP contribution in [0.2, 0.25) is 0 Å². The molecular weight excluding hydrogens is 316 g/mol. The summed E-state index contributed by atoms with van der Waals surface area (Å²) >= 11 is 0. The van der Waals surface area contributed by atoms with Gasteiger partial charge in [-0.1, -0.05) is 36.4 Å². The molecule has 25 heavy (non-hydrogen) atoms. The minimum absolute atomic E-state index is 0.0175. The maximum Gasteiger partial charge on any atom is 0.315 e. The third kappa shape index (κ3) is 2.99. The predicted octanol–water partition coefficient (Wildman–Crippen LogP) is 2.72. The van der Waals surface area contributed by atoms with Crippen LogP contribution < -0.4 is 10.2 Å². The number of H-pyrrole nitrogens is 1. The molecule has 0 spiro atoms. The molecule has 0 aliphatic rings. The van der Waals surface area contributed by atoms with Crippen molar-refractivity contribution in [2.45, 2.75) is 13.0 Å². The van der Waals surface area contributed by atoms with Gasteiger partial charge in [0, 0.05) is 17.8 Å². The van der Waals surface area contributed by atoms with Crippen LogP contribution >= 0.6 is 0 Å². The standard InChI is InChI=1S/C18H16N6O/c1-12(13-5-3-2-4-6-13)21-18-22-16-8-7-14(15-10-19-20-11-15)9-17(16)24(25)23-18/h2-12,25H,1H3,(H,21,23)/p+1/t12-/m1/s1. The lowest BCUT2D eigenvalue weighted by atomic mass is 10.1. The first-order chi connectivity index (χ1) is 12.2. The molecule has 7 nitrogen and oxygen atoms in total. The number of benzene rings is 2. The first-order valence-electron chi connectivity index (χ1n) is 7.95. The summed E-state index contributed by atoms with van der Waals surface area (Å²) in [6, 6.07) is 15.6. The van der Waals surface area contributed by atoms with Crippen molar-refractivity contribution in [1.82, 2.24) is 20.3 Å². The zero-order valence-corrected chi connectivity index (χ0v) is 13.6. The van der Waals surface area contributed by atoms with Gasteiger partial charge in [-0.05, 0) is 24.1 Å². The molecule has 7 heteroatoms. The van der Waals surface area contributed by atoms with Crippen molar-refractivity contribution in [3.63, 3.8) is 0 Å². The topological polar surface area (TPSA) is 90.6 Å². The van der Waals surface area contributed by atoms with Gasteiger partial charge in [-0.2, -0.15) is 5.10 Å². The maximum absolute atomic E-state index is 10.3. The monoisotopic (exact) mass is 333 g/mol. The average Bonchev–Trinajstić information content (AvgIpc) is 3.17. The largest absolute Gasteiger partial charge is 0.343 e. The van der Waals surface area contributed by atoms with Crippen LogP contribution in [0.5, 0.6) is 0 Å². The molecule has 0 bridgehead atoms. The molecule has 0 saturated carbocycles. The second kappa shape index (κ2) is 6.20. The lowest BCUT2D eigenvalue weighted by Crippen LogP contribution is -2.37. The highest BCUT2D eigenvalue weighted by Crippen LogP contribution is 2.22. The van der Waals surface area contributed by atoms with Gasteiger partial charge in [-0.25, -0.2) is 4.98 Å². The fourth-order valence-electron chi connectivity index (χ4n) is 2.73. The molecule has 0 aliphatic heterocycles. The minimum Gasteiger partial charge on any atom is -0.343 e. The number of hydrogen-bond donors (Lipinski definition) is 3. The third-order valence-corrected chi connectivity index (χ3v) is 4.08. The Labute approximate surface area is 143 Å². The maximum atomic E-state index is 10.3. The summed E-state index contributed by atoms with van der Waals surface area (Å²) in [5.74, 6) is 0.363. The van der Waals surface area contributed by atoms with Gasteiger partial charge >= 0.3 is 5.52 Å². The van der Waals surface area contributed by atoms with Crippen molar-refractivity contribution in [2.24, 2.45) is 0 Å². The summed E-state index contributed by atoms with van der Waals surface area (Å²) in [5, 5.41) is 24.3. The van der Waals surface area contributed by atoms with Gasteiger partial charge in [0.2, 0.25) is 0 Å². The van der Waals surface area contributed by atoms with Crippen LogP contribution in [-0.2, 0) is 0 Å². The number of aromatic nitrogens is 5. The molecule has 0 fully saturated rings. The van der Waals surface area contributed by atoms with Crippen LogP contribution in [0.3, 0.4) is 0 Å². The molecule has 0 saturated heterocycles. The summed E-state index contributed by atoms with van der Waals surface area (Å²) in [7, 11) is 0. The minimum atomic E-state index is 0.0175. The van der Waals surface area contributed by atoms with Crippen molar-refractivity contribution < 1.29 is 10.1 Å². The van der Waals surface area contributed by atoms with Gasteiger partial charge in [-0.3, -0.25) is 10.3 Å². The van der Waals surface area contributed by atoms with E-state index in [0.29, 0.717) is 17.0 Å². The van der Waals surface area contributed by atoms with Crippen molar-refractivity contribution in [1.29, 1.82) is 0 Å². The van der Waals surface area contributed by atoms with Crippen molar-refractivity contribution in [3.8, 4) is 11.1 Å². The van der Waals surface area contributed by atoms with E-state index in [1.165, 1.54) is 0 Å². The van der Waals surface area contributed by atoms with Crippen LogP contribution in [0.15, 0.2) is 60.9 Å². The molecule has 2 heterocycles. The highest BCUT2D eigenvalue weighted by molar-refractivity contribution is 5.79. The van der Waals surface area contributed by atoms with Gasteiger partial charge in [-0.15, -0.1) is 0 Å². The molecule has 4 rings (SSSR count). The SMILES string of the molecule is C[C@@H](Nc1nc2ccc(-c3cn[nH]c3)cc2[n+](O)n1)c1ccccc1. The van der Waals surface area contributed by atoms with E-state index in [4.69, 9.17) is 0 Å². The summed E-state index contributed by atoms with van der Waals surface area (Å²) in [5.41, 5.74) is 4.14. The molecule has 2 aromatic carbocycles. The first kappa shape index (κ1) is 15.1. The average molecular weight is 333 g/mol. The first-order valence-corrected chi connectivity index (χ1v) is 7.95. The van der Waals surface area contributed by atoms with Gasteiger partial charge < -0.3 is 5.32 Å². The zero-order chi connectivity index (χ0) is 17.2. The Morgan fingerprint density at radius 2 is 1.96 bits per heavy atom. The van der Waals surface area contributed by atoms with E-state index in [1.807, 2.05) is 55.5 Å². The molecular formula is C18H17N6O+. The summed E-state index contributed by atoms with van der Waals surface area (Å²) in [6.45, 7) is 2.02. The second-order valence-electron chi connectivity index (χ2n) is 5.79. The molecule has 2 aromatic heterocycles. The second-order valence-corrected chi connectivity index (χ2v) is 5.79. The number of rotatable bonds is 4. The van der Waals surface area contributed by atoms with Crippen LogP contribution in [0.4, 0.5) is 5.95 Å². The number of nitrogens with one attached hydrogen (secondary N) is 2. The van der Waals surface area contributed by atoms with Crippen LogP contribution in [0.1, 0.15) is 18.5 Å². The lowest BCUT2D eigenvalue weighted by Gasteiger charge is -2.12. The molecule has 1 atom stereocenters. The molecule has 4 aromatic rings. The van der Waals surface area contributed by atoms with E-state index < -0.39 is 0 Å². The molecule has 0 radical (unpaired) electrons.